The van der Waals surface area contributed by atoms with E-state index in [0.29, 0.717) is 12.7 Å². The molecule has 0 spiro atoms. The predicted octanol–water partition coefficient (Wildman–Crippen LogP) is 2.60. The summed E-state index contributed by atoms with van der Waals surface area (Å²) in [5, 5.41) is 3.78. The minimum atomic E-state index is 0.368. The molecule has 0 aromatic heterocycles. The largest absolute Gasteiger partial charge is 0.399 e. The first-order valence-electron chi connectivity index (χ1n) is 4.92. The molecule has 78 valence electrons. The van der Waals surface area contributed by atoms with Gasteiger partial charge < -0.3 is 9.57 Å². The first kappa shape index (κ1) is 12.4. The molecule has 3 nitrogen and oxygen atoms in total. The predicted molar refractivity (Wildman–Crippen MR) is 55.1 cm³/mol. The zero-order chi connectivity index (χ0) is 10.1. The monoisotopic (exact) mass is 187 g/mol. The molecule has 0 N–H and O–H groups in total. The Kier molecular flexibility index (Phi) is 7.69. The summed E-state index contributed by atoms with van der Waals surface area (Å²) >= 11 is 0. The van der Waals surface area contributed by atoms with E-state index in [1.807, 2.05) is 6.92 Å². The summed E-state index contributed by atoms with van der Waals surface area (Å²) in [5.74, 6) is 0. The van der Waals surface area contributed by atoms with Gasteiger partial charge >= 0.3 is 0 Å². The maximum Gasteiger partial charge on any atom is 0.106 e. The van der Waals surface area contributed by atoms with E-state index in [0.717, 1.165) is 18.6 Å². The Labute approximate surface area is 81.1 Å². The highest BCUT2D eigenvalue weighted by atomic mass is 16.6. The maximum absolute atomic E-state index is 5.64. The van der Waals surface area contributed by atoms with E-state index in [9.17, 15) is 0 Å². The van der Waals surface area contributed by atoms with Crippen LogP contribution in [0.2, 0.25) is 0 Å². The Bertz CT molecular complexity index is 146. The van der Waals surface area contributed by atoms with E-state index in [4.69, 9.17) is 4.74 Å². The molecular weight excluding hydrogens is 166 g/mol. The Balaban J connectivity index is 3.64. The van der Waals surface area contributed by atoms with Crippen LogP contribution in [0.5, 0.6) is 0 Å². The van der Waals surface area contributed by atoms with Crippen LogP contribution in [0, 0.1) is 0 Å². The molecule has 0 aromatic rings. The highest BCUT2D eigenvalue weighted by Crippen LogP contribution is 2.05. The first-order valence-corrected chi connectivity index (χ1v) is 4.92. The van der Waals surface area contributed by atoms with Gasteiger partial charge in [0.05, 0.1) is 18.4 Å². The quantitative estimate of drug-likeness (QED) is 0.453. The molecule has 0 fully saturated rings. The zero-order valence-electron chi connectivity index (χ0n) is 9.17. The molecule has 13 heavy (non-hydrogen) atoms. The Morgan fingerprint density at radius 3 is 2.54 bits per heavy atom. The number of hydrogen-bond donors (Lipinski definition) is 0. The minimum Gasteiger partial charge on any atom is -0.399 e. The van der Waals surface area contributed by atoms with Gasteiger partial charge in [0.25, 0.3) is 0 Å². The van der Waals surface area contributed by atoms with Crippen LogP contribution >= 0.6 is 0 Å². The number of nitrogens with zero attached hydrogens (tertiary/aromatic N) is 1. The Morgan fingerprint density at radius 2 is 2.08 bits per heavy atom. The van der Waals surface area contributed by atoms with Crippen molar-refractivity contribution in [2.45, 2.75) is 46.1 Å². The van der Waals surface area contributed by atoms with Crippen molar-refractivity contribution >= 4 is 5.71 Å². The molecule has 0 heterocycles. The van der Waals surface area contributed by atoms with Gasteiger partial charge in [0.15, 0.2) is 0 Å². The number of hydrogen-bond acceptors (Lipinski definition) is 3. The topological polar surface area (TPSA) is 30.8 Å². The van der Waals surface area contributed by atoms with E-state index in [2.05, 4.69) is 23.8 Å². The van der Waals surface area contributed by atoms with Crippen LogP contribution in [0.15, 0.2) is 5.16 Å². The van der Waals surface area contributed by atoms with Crippen molar-refractivity contribution in [1.82, 2.24) is 0 Å². The van der Waals surface area contributed by atoms with E-state index in [-0.39, 0.29) is 0 Å². The summed E-state index contributed by atoms with van der Waals surface area (Å²) in [6.45, 7) is 6.79. The fourth-order valence-corrected chi connectivity index (χ4v) is 1.15. The molecule has 1 atom stereocenters. The van der Waals surface area contributed by atoms with Gasteiger partial charge in [-0.3, -0.25) is 0 Å². The summed E-state index contributed by atoms with van der Waals surface area (Å²) in [5.41, 5.74) is 0.886. The molecular formula is C10H21NO2. The number of ether oxygens (including phenoxy) is 1. The maximum atomic E-state index is 5.64. The average Bonchev–Trinajstić information content (AvgIpc) is 2.12. The van der Waals surface area contributed by atoms with Crippen molar-refractivity contribution in [2.24, 2.45) is 5.16 Å². The van der Waals surface area contributed by atoms with Crippen molar-refractivity contribution in [1.29, 1.82) is 0 Å². The van der Waals surface area contributed by atoms with Gasteiger partial charge in [-0.1, -0.05) is 25.4 Å². The lowest BCUT2D eigenvalue weighted by molar-refractivity contribution is 0.0692. The fourth-order valence-electron chi connectivity index (χ4n) is 1.15. The molecule has 3 heteroatoms. The van der Waals surface area contributed by atoms with Gasteiger partial charge in [-0.15, -0.1) is 0 Å². The molecule has 0 radical (unpaired) electrons. The molecule has 0 bridgehead atoms. The first-order chi connectivity index (χ1) is 6.24. The van der Waals surface area contributed by atoms with Crippen molar-refractivity contribution < 1.29 is 9.57 Å². The van der Waals surface area contributed by atoms with Crippen LogP contribution in [-0.2, 0) is 9.57 Å². The molecule has 1 unspecified atom stereocenters. The summed E-state index contributed by atoms with van der Waals surface area (Å²) < 4.78 is 5.64. The molecule has 0 aromatic carbocycles. The SMILES string of the molecule is CCCC(CC)OC/C(C)=N/OC. The van der Waals surface area contributed by atoms with E-state index < -0.39 is 0 Å². The third-order valence-electron chi connectivity index (χ3n) is 1.84. The summed E-state index contributed by atoms with van der Waals surface area (Å²) in [7, 11) is 1.55. The zero-order valence-corrected chi connectivity index (χ0v) is 9.17. The van der Waals surface area contributed by atoms with E-state index in [1.165, 1.54) is 6.42 Å². The van der Waals surface area contributed by atoms with Gasteiger partial charge in [-0.25, -0.2) is 0 Å². The number of oxime groups is 1. The molecule has 0 saturated heterocycles. The lowest BCUT2D eigenvalue weighted by atomic mass is 10.1. The van der Waals surface area contributed by atoms with Gasteiger partial charge in [0, 0.05) is 0 Å². The second-order valence-corrected chi connectivity index (χ2v) is 3.14. The summed E-state index contributed by atoms with van der Waals surface area (Å²) in [6.07, 6.45) is 3.72. The van der Waals surface area contributed by atoms with Crippen LogP contribution in [0.1, 0.15) is 40.0 Å². The highest BCUT2D eigenvalue weighted by Gasteiger charge is 2.05. The van der Waals surface area contributed by atoms with Crippen molar-refractivity contribution in [3.05, 3.63) is 0 Å². The van der Waals surface area contributed by atoms with Crippen molar-refractivity contribution in [3.63, 3.8) is 0 Å². The van der Waals surface area contributed by atoms with Gasteiger partial charge in [0.1, 0.15) is 7.11 Å². The second-order valence-electron chi connectivity index (χ2n) is 3.14. The van der Waals surface area contributed by atoms with E-state index in [1.54, 1.807) is 7.11 Å². The smallest absolute Gasteiger partial charge is 0.106 e. The molecule has 0 aliphatic carbocycles. The molecule has 0 aliphatic heterocycles. The Hall–Kier alpha value is -0.570. The van der Waals surface area contributed by atoms with Gasteiger partial charge in [0.2, 0.25) is 0 Å². The average molecular weight is 187 g/mol. The summed E-state index contributed by atoms with van der Waals surface area (Å²) in [4.78, 5) is 4.64. The minimum absolute atomic E-state index is 0.368. The normalized spacial score (nSPS) is 14.3. The van der Waals surface area contributed by atoms with Crippen molar-refractivity contribution in [3.8, 4) is 0 Å². The van der Waals surface area contributed by atoms with Crippen LogP contribution in [0.4, 0.5) is 0 Å². The van der Waals surface area contributed by atoms with E-state index >= 15 is 0 Å². The van der Waals surface area contributed by atoms with Crippen molar-refractivity contribution in [2.75, 3.05) is 13.7 Å². The number of rotatable bonds is 7. The van der Waals surface area contributed by atoms with Crippen LogP contribution in [0.25, 0.3) is 0 Å². The second kappa shape index (κ2) is 8.05. The van der Waals surface area contributed by atoms with Crippen LogP contribution < -0.4 is 0 Å². The third kappa shape index (κ3) is 6.58. The van der Waals surface area contributed by atoms with Crippen LogP contribution in [0.3, 0.4) is 0 Å². The lowest BCUT2D eigenvalue weighted by Gasteiger charge is -2.14. The van der Waals surface area contributed by atoms with Gasteiger partial charge in [-0.05, 0) is 19.8 Å². The summed E-state index contributed by atoms with van der Waals surface area (Å²) in [6, 6.07) is 0. The Morgan fingerprint density at radius 1 is 1.38 bits per heavy atom. The van der Waals surface area contributed by atoms with Crippen LogP contribution in [-0.4, -0.2) is 25.5 Å². The molecule has 0 aliphatic rings. The van der Waals surface area contributed by atoms with Gasteiger partial charge in [-0.2, -0.15) is 0 Å². The highest BCUT2D eigenvalue weighted by molar-refractivity contribution is 5.82. The standard InChI is InChI=1S/C10H21NO2/c1-5-7-10(6-2)13-8-9(3)11-12-4/h10H,5-8H2,1-4H3/b11-9+. The molecule has 0 saturated carbocycles. The lowest BCUT2D eigenvalue weighted by Crippen LogP contribution is -2.16. The molecule has 0 rings (SSSR count). The third-order valence-corrected chi connectivity index (χ3v) is 1.84. The molecule has 0 amide bonds. The fraction of sp³-hybridized carbons (Fsp3) is 0.900.